The van der Waals surface area contributed by atoms with Crippen molar-refractivity contribution in [2.75, 3.05) is 20.3 Å². The van der Waals surface area contributed by atoms with Gasteiger partial charge >= 0.3 is 5.97 Å². The van der Waals surface area contributed by atoms with E-state index >= 15 is 0 Å². The number of hydrogen-bond acceptors (Lipinski definition) is 5. The Morgan fingerprint density at radius 1 is 1.32 bits per heavy atom. The number of carbonyl (C=O) groups excluding carboxylic acids is 1. The van der Waals surface area contributed by atoms with Crippen molar-refractivity contribution in [3.05, 3.63) is 36.0 Å². The smallest absolute Gasteiger partial charge is 0.320 e. The molecule has 1 fully saturated rings. The fourth-order valence-electron chi connectivity index (χ4n) is 2.50. The van der Waals surface area contributed by atoms with E-state index in [4.69, 9.17) is 19.9 Å². The Morgan fingerprint density at radius 2 is 2.05 bits per heavy atom. The highest BCUT2D eigenvalue weighted by Gasteiger charge is 2.41. The first-order valence-electron chi connectivity index (χ1n) is 7.55. The zero-order valence-electron chi connectivity index (χ0n) is 13.8. The third-order valence-corrected chi connectivity index (χ3v) is 3.65. The normalized spacial score (nSPS) is 30.1. The Morgan fingerprint density at radius 3 is 2.64 bits per heavy atom. The largest absolute Gasteiger partial charge is 0.455 e. The zero-order chi connectivity index (χ0) is 16.5. The lowest BCUT2D eigenvalue weighted by Gasteiger charge is -2.40. The van der Waals surface area contributed by atoms with Gasteiger partial charge in [-0.05, 0) is 19.4 Å². The van der Waals surface area contributed by atoms with Crippen molar-refractivity contribution in [1.82, 2.24) is 0 Å². The van der Waals surface area contributed by atoms with Gasteiger partial charge in [-0.15, -0.1) is 0 Å². The van der Waals surface area contributed by atoms with Crippen molar-refractivity contribution >= 4 is 5.97 Å². The van der Waals surface area contributed by atoms with Crippen LogP contribution >= 0.6 is 0 Å². The van der Waals surface area contributed by atoms with E-state index < -0.39 is 12.1 Å². The van der Waals surface area contributed by atoms with Gasteiger partial charge in [0, 0.05) is 13.0 Å². The number of rotatable bonds is 6. The van der Waals surface area contributed by atoms with Crippen LogP contribution in [-0.2, 0) is 19.0 Å². The fourth-order valence-corrected chi connectivity index (χ4v) is 2.50. The van der Waals surface area contributed by atoms with Crippen molar-refractivity contribution in [3.8, 4) is 0 Å². The molecular formula is C17H27NO4. The van der Waals surface area contributed by atoms with Gasteiger partial charge in [0.2, 0.25) is 0 Å². The monoisotopic (exact) mass is 309 g/mol. The molecular weight excluding hydrogens is 282 g/mol. The third kappa shape index (κ3) is 5.09. The van der Waals surface area contributed by atoms with Crippen LogP contribution in [-0.4, -0.2) is 44.5 Å². The average molecular weight is 309 g/mol. The first-order valence-corrected chi connectivity index (χ1v) is 7.55. The maximum atomic E-state index is 11.6. The molecule has 0 aromatic rings. The molecule has 0 aliphatic carbocycles. The molecule has 0 spiro atoms. The molecule has 1 aliphatic rings. The first kappa shape index (κ1) is 18.6. The van der Waals surface area contributed by atoms with E-state index in [1.54, 1.807) is 7.11 Å². The molecule has 4 atom stereocenters. The molecule has 0 radical (unpaired) electrons. The highest BCUT2D eigenvalue weighted by atomic mass is 16.6. The summed E-state index contributed by atoms with van der Waals surface area (Å²) in [4.78, 5) is 11.6. The van der Waals surface area contributed by atoms with Crippen LogP contribution in [0.4, 0.5) is 0 Å². The number of carbonyl (C=O) groups is 1. The number of hydrogen-bond donors (Lipinski definition) is 1. The second-order valence-electron chi connectivity index (χ2n) is 5.41. The standard InChI is InChI=1S/C17H27NO4/c1-5-6-7-8-9-12(2)16-17(22-14(19)10-18)15(20-4)13(3)11-21-16/h5-9,13,15-17H,10-11,18H2,1-4H3/t13-,15-,16-,17+/m1/s1. The van der Waals surface area contributed by atoms with E-state index in [0.717, 1.165) is 5.57 Å². The van der Waals surface area contributed by atoms with Crippen LogP contribution in [0.2, 0.25) is 0 Å². The van der Waals surface area contributed by atoms with Gasteiger partial charge in [0.05, 0.1) is 13.2 Å². The summed E-state index contributed by atoms with van der Waals surface area (Å²) in [6.07, 6.45) is 8.68. The summed E-state index contributed by atoms with van der Waals surface area (Å²) in [5, 5.41) is 0. The Kier molecular flexibility index (Phi) is 8.09. The molecule has 0 saturated carbocycles. The van der Waals surface area contributed by atoms with E-state index in [-0.39, 0.29) is 24.7 Å². The lowest BCUT2D eigenvalue weighted by atomic mass is 9.90. The average Bonchev–Trinajstić information content (AvgIpc) is 2.51. The van der Waals surface area contributed by atoms with Crippen molar-refractivity contribution in [3.63, 3.8) is 0 Å². The van der Waals surface area contributed by atoms with Gasteiger partial charge in [0.15, 0.2) is 6.10 Å². The Balaban J connectivity index is 2.94. The van der Waals surface area contributed by atoms with E-state index in [9.17, 15) is 4.79 Å². The minimum atomic E-state index is -0.490. The molecule has 0 unspecified atom stereocenters. The van der Waals surface area contributed by atoms with E-state index in [2.05, 4.69) is 0 Å². The van der Waals surface area contributed by atoms with Gasteiger partial charge in [-0.3, -0.25) is 4.79 Å². The molecule has 5 heteroatoms. The minimum Gasteiger partial charge on any atom is -0.455 e. The molecule has 5 nitrogen and oxygen atoms in total. The van der Waals surface area contributed by atoms with Crippen LogP contribution in [0.3, 0.4) is 0 Å². The van der Waals surface area contributed by atoms with Crippen molar-refractivity contribution < 1.29 is 19.0 Å². The maximum absolute atomic E-state index is 11.6. The Hall–Kier alpha value is -1.43. The molecule has 1 saturated heterocycles. The van der Waals surface area contributed by atoms with E-state index in [1.807, 2.05) is 51.2 Å². The second kappa shape index (κ2) is 9.56. The predicted molar refractivity (Wildman–Crippen MR) is 86.3 cm³/mol. The molecule has 1 rings (SSSR count). The molecule has 0 aromatic carbocycles. The summed E-state index contributed by atoms with van der Waals surface area (Å²) in [6.45, 7) is 6.33. The Bertz CT molecular complexity index is 442. The van der Waals surface area contributed by atoms with Gasteiger partial charge in [0.25, 0.3) is 0 Å². The molecule has 124 valence electrons. The molecule has 1 aliphatic heterocycles. The molecule has 0 amide bonds. The number of esters is 1. The van der Waals surface area contributed by atoms with Crippen LogP contribution in [0.15, 0.2) is 36.0 Å². The van der Waals surface area contributed by atoms with E-state index in [1.165, 1.54) is 0 Å². The summed E-state index contributed by atoms with van der Waals surface area (Å²) in [6, 6.07) is 0. The molecule has 0 bridgehead atoms. The highest BCUT2D eigenvalue weighted by Crippen LogP contribution is 2.29. The SMILES string of the molecule is CC=CC=CC=C(C)[C@H]1OC[C@@H](C)[C@@H](OC)[C@@H]1OC(=O)CN. The summed E-state index contributed by atoms with van der Waals surface area (Å²) in [7, 11) is 1.62. The highest BCUT2D eigenvalue weighted by molar-refractivity contribution is 5.71. The summed E-state index contributed by atoms with van der Waals surface area (Å²) < 4.78 is 16.9. The van der Waals surface area contributed by atoms with E-state index in [0.29, 0.717) is 6.61 Å². The lowest BCUT2D eigenvalue weighted by Crippen LogP contribution is -2.53. The van der Waals surface area contributed by atoms with Gasteiger partial charge in [-0.2, -0.15) is 0 Å². The second-order valence-corrected chi connectivity index (χ2v) is 5.41. The Labute approximate surface area is 132 Å². The fraction of sp³-hybridized carbons (Fsp3) is 0.588. The quantitative estimate of drug-likeness (QED) is 0.600. The molecule has 0 aromatic heterocycles. The third-order valence-electron chi connectivity index (χ3n) is 3.65. The lowest BCUT2D eigenvalue weighted by molar-refractivity contribution is -0.190. The van der Waals surface area contributed by atoms with Crippen molar-refractivity contribution in [1.29, 1.82) is 0 Å². The van der Waals surface area contributed by atoms with Crippen molar-refractivity contribution in [2.24, 2.45) is 11.7 Å². The van der Waals surface area contributed by atoms with Crippen molar-refractivity contribution in [2.45, 2.75) is 39.1 Å². The number of nitrogens with two attached hydrogens (primary N) is 1. The van der Waals surface area contributed by atoms with Gasteiger partial charge < -0.3 is 19.9 Å². The minimum absolute atomic E-state index is 0.142. The topological polar surface area (TPSA) is 70.8 Å². The van der Waals surface area contributed by atoms with Crippen LogP contribution in [0.25, 0.3) is 0 Å². The summed E-state index contributed by atoms with van der Waals surface area (Å²) in [5.41, 5.74) is 6.33. The van der Waals surface area contributed by atoms with Crippen LogP contribution in [0.1, 0.15) is 20.8 Å². The maximum Gasteiger partial charge on any atom is 0.320 e. The number of ether oxygens (including phenoxy) is 3. The van der Waals surface area contributed by atoms with Crippen LogP contribution in [0, 0.1) is 5.92 Å². The van der Waals surface area contributed by atoms with Gasteiger partial charge in [-0.25, -0.2) is 0 Å². The first-order chi connectivity index (χ1) is 10.5. The number of allylic oxidation sites excluding steroid dienone is 5. The molecule has 22 heavy (non-hydrogen) atoms. The summed E-state index contributed by atoms with van der Waals surface area (Å²) >= 11 is 0. The molecule has 2 N–H and O–H groups in total. The predicted octanol–water partition coefficient (Wildman–Crippen LogP) is 1.99. The van der Waals surface area contributed by atoms with Crippen LogP contribution in [0.5, 0.6) is 0 Å². The summed E-state index contributed by atoms with van der Waals surface area (Å²) in [5.74, 6) is -0.310. The molecule has 1 heterocycles. The zero-order valence-corrected chi connectivity index (χ0v) is 13.8. The number of methoxy groups -OCH3 is 1. The van der Waals surface area contributed by atoms with Gasteiger partial charge in [0.1, 0.15) is 12.2 Å². The van der Waals surface area contributed by atoms with Crippen LogP contribution < -0.4 is 5.73 Å². The van der Waals surface area contributed by atoms with Gasteiger partial charge in [-0.1, -0.05) is 37.3 Å².